The van der Waals surface area contributed by atoms with Crippen LogP contribution < -0.4 is 0 Å². The topological polar surface area (TPSA) is 72.7 Å². The van der Waals surface area contributed by atoms with E-state index in [4.69, 9.17) is 4.74 Å². The number of hydrogen-bond acceptors (Lipinski definition) is 4. The Morgan fingerprint density at radius 2 is 2.05 bits per heavy atom. The summed E-state index contributed by atoms with van der Waals surface area (Å²) in [7, 11) is 0. The van der Waals surface area contributed by atoms with E-state index in [0.717, 1.165) is 0 Å². The van der Waals surface area contributed by atoms with Crippen molar-refractivity contribution in [3.63, 3.8) is 0 Å². The van der Waals surface area contributed by atoms with Crippen molar-refractivity contribution < 1.29 is 27.6 Å². The van der Waals surface area contributed by atoms with Gasteiger partial charge in [0.25, 0.3) is 5.91 Å². The fraction of sp³-hybridized carbons (Fsp3) is 0.417. The maximum Gasteiger partial charge on any atom is 0.308 e. The Kier molecular flexibility index (Phi) is 4.12. The molecule has 0 N–H and O–H groups in total. The van der Waals surface area contributed by atoms with Crippen molar-refractivity contribution in [3.05, 3.63) is 39.2 Å². The van der Waals surface area contributed by atoms with Crippen molar-refractivity contribution >= 4 is 11.6 Å². The van der Waals surface area contributed by atoms with Gasteiger partial charge in [-0.1, -0.05) is 0 Å². The fourth-order valence-corrected chi connectivity index (χ4v) is 2.06. The zero-order chi connectivity index (χ0) is 15.7. The van der Waals surface area contributed by atoms with Gasteiger partial charge in [-0.25, -0.2) is 8.78 Å². The second-order valence-corrected chi connectivity index (χ2v) is 4.56. The number of ether oxygens (including phenoxy) is 1. The number of morpholine rings is 1. The number of halogens is 3. The lowest BCUT2D eigenvalue weighted by Crippen LogP contribution is -2.47. The second-order valence-electron chi connectivity index (χ2n) is 4.56. The fourth-order valence-electron chi connectivity index (χ4n) is 2.06. The molecule has 0 radical (unpaired) electrons. The third kappa shape index (κ3) is 2.68. The Morgan fingerprint density at radius 1 is 1.38 bits per heavy atom. The van der Waals surface area contributed by atoms with Gasteiger partial charge in [-0.3, -0.25) is 14.9 Å². The van der Waals surface area contributed by atoms with E-state index in [1.54, 1.807) is 6.92 Å². The lowest BCUT2D eigenvalue weighted by Gasteiger charge is -2.33. The molecule has 1 heterocycles. The SMILES string of the molecule is CC1COCCN1C(=O)c1cc([N+](=O)[O-])c(F)c(F)c1F. The molecule has 6 nitrogen and oxygen atoms in total. The summed E-state index contributed by atoms with van der Waals surface area (Å²) in [5.74, 6) is -6.63. The molecule has 0 aromatic heterocycles. The molecular weight excluding hydrogens is 293 g/mol. The molecule has 0 bridgehead atoms. The molecule has 1 aromatic rings. The summed E-state index contributed by atoms with van der Waals surface area (Å²) in [4.78, 5) is 22.8. The maximum atomic E-state index is 13.7. The minimum atomic E-state index is -2.03. The number of nitrogens with zero attached hydrogens (tertiary/aromatic N) is 2. The molecule has 9 heteroatoms. The molecule has 2 rings (SSSR count). The molecule has 1 atom stereocenters. The van der Waals surface area contributed by atoms with Crippen molar-refractivity contribution in [3.8, 4) is 0 Å². The van der Waals surface area contributed by atoms with Crippen LogP contribution in [0, 0.1) is 27.6 Å². The lowest BCUT2D eigenvalue weighted by molar-refractivity contribution is -0.387. The molecule has 0 spiro atoms. The highest BCUT2D eigenvalue weighted by molar-refractivity contribution is 5.95. The van der Waals surface area contributed by atoms with Crippen molar-refractivity contribution in [1.82, 2.24) is 4.90 Å². The molecular formula is C12H11F3N2O4. The average Bonchev–Trinajstić information content (AvgIpc) is 2.44. The average molecular weight is 304 g/mol. The van der Waals surface area contributed by atoms with Crippen LogP contribution in [0.5, 0.6) is 0 Å². The van der Waals surface area contributed by atoms with E-state index in [2.05, 4.69) is 0 Å². The van der Waals surface area contributed by atoms with Gasteiger partial charge >= 0.3 is 5.69 Å². The van der Waals surface area contributed by atoms with Crippen molar-refractivity contribution in [2.24, 2.45) is 0 Å². The van der Waals surface area contributed by atoms with E-state index in [-0.39, 0.29) is 19.8 Å². The summed E-state index contributed by atoms with van der Waals surface area (Å²) in [5.41, 5.74) is -2.15. The third-order valence-electron chi connectivity index (χ3n) is 3.18. The summed E-state index contributed by atoms with van der Waals surface area (Å²) >= 11 is 0. The van der Waals surface area contributed by atoms with Crippen LogP contribution in [-0.2, 0) is 4.74 Å². The first kappa shape index (κ1) is 15.2. The Bertz CT molecular complexity index is 609. The van der Waals surface area contributed by atoms with Crippen molar-refractivity contribution in [1.29, 1.82) is 0 Å². The predicted molar refractivity (Wildman–Crippen MR) is 64.3 cm³/mol. The Labute approximate surface area is 117 Å². The number of carbonyl (C=O) groups excluding carboxylic acids is 1. The van der Waals surface area contributed by atoms with E-state index in [0.29, 0.717) is 6.07 Å². The minimum absolute atomic E-state index is 0.131. The summed E-state index contributed by atoms with van der Waals surface area (Å²) in [5, 5.41) is 10.6. The summed E-state index contributed by atoms with van der Waals surface area (Å²) in [6, 6.07) is 0.0101. The molecule has 1 unspecified atom stereocenters. The molecule has 0 saturated carbocycles. The lowest BCUT2D eigenvalue weighted by atomic mass is 10.1. The number of hydrogen-bond donors (Lipinski definition) is 0. The first-order valence-electron chi connectivity index (χ1n) is 6.05. The molecule has 1 saturated heterocycles. The van der Waals surface area contributed by atoms with Gasteiger partial charge in [0.05, 0.1) is 29.7 Å². The smallest absolute Gasteiger partial charge is 0.308 e. The van der Waals surface area contributed by atoms with Crippen LogP contribution >= 0.6 is 0 Å². The van der Waals surface area contributed by atoms with Crippen LogP contribution in [0.15, 0.2) is 6.07 Å². The van der Waals surface area contributed by atoms with Crippen LogP contribution in [0.4, 0.5) is 18.9 Å². The number of nitro groups is 1. The molecule has 21 heavy (non-hydrogen) atoms. The molecule has 114 valence electrons. The second kappa shape index (κ2) is 5.68. The quantitative estimate of drug-likeness (QED) is 0.475. The molecule has 0 aliphatic carbocycles. The van der Waals surface area contributed by atoms with E-state index in [9.17, 15) is 28.1 Å². The van der Waals surface area contributed by atoms with Gasteiger partial charge < -0.3 is 9.64 Å². The Hall–Kier alpha value is -2.16. The number of amides is 1. The van der Waals surface area contributed by atoms with E-state index >= 15 is 0 Å². The number of benzene rings is 1. The monoisotopic (exact) mass is 304 g/mol. The van der Waals surface area contributed by atoms with Crippen LogP contribution in [-0.4, -0.2) is 41.5 Å². The Balaban J connectivity index is 2.48. The zero-order valence-corrected chi connectivity index (χ0v) is 10.9. The maximum absolute atomic E-state index is 13.7. The third-order valence-corrected chi connectivity index (χ3v) is 3.18. The van der Waals surface area contributed by atoms with Gasteiger partial charge in [0.15, 0.2) is 5.82 Å². The van der Waals surface area contributed by atoms with Gasteiger partial charge in [0, 0.05) is 12.6 Å². The molecule has 1 aliphatic rings. The number of carbonyl (C=O) groups is 1. The van der Waals surface area contributed by atoms with Gasteiger partial charge in [-0.15, -0.1) is 0 Å². The van der Waals surface area contributed by atoms with E-state index in [1.165, 1.54) is 4.90 Å². The first-order chi connectivity index (χ1) is 9.84. The zero-order valence-electron chi connectivity index (χ0n) is 10.9. The van der Waals surface area contributed by atoms with Gasteiger partial charge in [0.2, 0.25) is 11.6 Å². The van der Waals surface area contributed by atoms with Gasteiger partial charge in [0.1, 0.15) is 0 Å². The largest absolute Gasteiger partial charge is 0.377 e. The highest BCUT2D eigenvalue weighted by Crippen LogP contribution is 2.27. The van der Waals surface area contributed by atoms with Crippen LogP contribution in [0.1, 0.15) is 17.3 Å². The Morgan fingerprint density at radius 3 is 2.62 bits per heavy atom. The number of rotatable bonds is 2. The standard InChI is InChI=1S/C12H11F3N2O4/c1-6-5-21-3-2-16(6)12(18)7-4-8(17(19)20)10(14)11(15)9(7)13/h4,6H,2-3,5H2,1H3. The highest BCUT2D eigenvalue weighted by Gasteiger charge is 2.32. The van der Waals surface area contributed by atoms with Gasteiger partial charge in [-0.2, -0.15) is 4.39 Å². The first-order valence-corrected chi connectivity index (χ1v) is 6.05. The van der Waals surface area contributed by atoms with Gasteiger partial charge in [-0.05, 0) is 6.92 Å². The van der Waals surface area contributed by atoms with E-state index < -0.39 is 45.6 Å². The number of nitro benzene ring substituents is 1. The van der Waals surface area contributed by atoms with E-state index in [1.807, 2.05) is 0 Å². The molecule has 1 aliphatic heterocycles. The van der Waals surface area contributed by atoms with Crippen LogP contribution in [0.2, 0.25) is 0 Å². The summed E-state index contributed by atoms with van der Waals surface area (Å²) in [6.07, 6.45) is 0. The highest BCUT2D eigenvalue weighted by atomic mass is 19.2. The normalized spacial score (nSPS) is 18.7. The van der Waals surface area contributed by atoms with Crippen molar-refractivity contribution in [2.75, 3.05) is 19.8 Å². The molecule has 1 fully saturated rings. The van der Waals surface area contributed by atoms with Crippen molar-refractivity contribution in [2.45, 2.75) is 13.0 Å². The van der Waals surface area contributed by atoms with Crippen LogP contribution in [0.3, 0.4) is 0 Å². The predicted octanol–water partition coefficient (Wildman–Crippen LogP) is 1.87. The summed E-state index contributed by atoms with van der Waals surface area (Å²) < 4.78 is 45.5. The van der Waals surface area contributed by atoms with Crippen LogP contribution in [0.25, 0.3) is 0 Å². The molecule has 1 aromatic carbocycles. The summed E-state index contributed by atoms with van der Waals surface area (Å²) in [6.45, 7) is 2.18. The molecule has 1 amide bonds. The minimum Gasteiger partial charge on any atom is -0.377 e.